The zero-order valence-electron chi connectivity index (χ0n) is 18.7. The van der Waals surface area contributed by atoms with Crippen molar-refractivity contribution in [2.45, 2.75) is 46.1 Å². The van der Waals surface area contributed by atoms with Crippen molar-refractivity contribution in [2.24, 2.45) is 0 Å². The van der Waals surface area contributed by atoms with Crippen LogP contribution < -0.4 is 5.32 Å². The van der Waals surface area contributed by atoms with Crippen LogP contribution in [0, 0.1) is 6.92 Å². The van der Waals surface area contributed by atoms with Gasteiger partial charge in [-0.3, -0.25) is 4.79 Å². The van der Waals surface area contributed by atoms with Gasteiger partial charge >= 0.3 is 0 Å². The number of amides is 1. The molecule has 0 radical (unpaired) electrons. The SMILES string of the molecule is CC[C@@H](C)NC(=O)CCc1c(-c2ccc(Cl)cc2)nc2ccc(-c3cccc(C)c3)cn12. The van der Waals surface area contributed by atoms with Crippen LogP contribution >= 0.6 is 11.6 Å². The molecule has 0 aliphatic rings. The first-order chi connectivity index (χ1) is 15.4. The van der Waals surface area contributed by atoms with Crippen molar-refractivity contribution in [3.8, 4) is 22.4 Å². The maximum absolute atomic E-state index is 12.5. The number of halogens is 1. The van der Waals surface area contributed by atoms with Gasteiger partial charge in [-0.05, 0) is 62.1 Å². The Bertz CT molecular complexity index is 1240. The third-order valence-electron chi connectivity index (χ3n) is 5.80. The molecule has 5 heteroatoms. The van der Waals surface area contributed by atoms with Crippen molar-refractivity contribution in [1.29, 1.82) is 0 Å². The topological polar surface area (TPSA) is 46.4 Å². The quantitative estimate of drug-likeness (QED) is 0.354. The lowest BCUT2D eigenvalue weighted by Gasteiger charge is -2.12. The molecule has 0 fully saturated rings. The maximum Gasteiger partial charge on any atom is 0.220 e. The van der Waals surface area contributed by atoms with Crippen LogP contribution in [0.25, 0.3) is 28.0 Å². The molecule has 0 aliphatic heterocycles. The normalized spacial score (nSPS) is 12.1. The van der Waals surface area contributed by atoms with E-state index in [1.54, 1.807) is 0 Å². The number of nitrogens with zero attached hydrogens (tertiary/aromatic N) is 2. The van der Waals surface area contributed by atoms with E-state index < -0.39 is 0 Å². The maximum atomic E-state index is 12.5. The first kappa shape index (κ1) is 22.1. The highest BCUT2D eigenvalue weighted by molar-refractivity contribution is 6.30. The van der Waals surface area contributed by atoms with Crippen LogP contribution in [0.2, 0.25) is 5.02 Å². The van der Waals surface area contributed by atoms with Gasteiger partial charge in [-0.2, -0.15) is 0 Å². The van der Waals surface area contributed by atoms with Crippen LogP contribution in [-0.4, -0.2) is 21.3 Å². The summed E-state index contributed by atoms with van der Waals surface area (Å²) >= 11 is 6.11. The summed E-state index contributed by atoms with van der Waals surface area (Å²) < 4.78 is 2.12. The van der Waals surface area contributed by atoms with E-state index in [2.05, 4.69) is 60.1 Å². The molecular weight excluding hydrogens is 418 g/mol. The number of fused-ring (bicyclic) bond motifs is 1. The van der Waals surface area contributed by atoms with E-state index in [0.29, 0.717) is 17.9 Å². The Morgan fingerprint density at radius 2 is 1.81 bits per heavy atom. The fraction of sp³-hybridized carbons (Fsp3) is 0.259. The number of rotatable bonds is 7. The van der Waals surface area contributed by atoms with E-state index in [-0.39, 0.29) is 11.9 Å². The average Bonchev–Trinajstić information content (AvgIpc) is 3.15. The number of benzene rings is 2. The van der Waals surface area contributed by atoms with Crippen LogP contribution in [0.15, 0.2) is 66.9 Å². The Kier molecular flexibility index (Phi) is 6.61. The summed E-state index contributed by atoms with van der Waals surface area (Å²) in [5.41, 5.74) is 7.27. The number of carbonyl (C=O) groups excluding carboxylic acids is 1. The molecule has 1 amide bonds. The van der Waals surface area contributed by atoms with Gasteiger partial charge in [0, 0.05) is 29.2 Å². The predicted octanol–water partition coefficient (Wildman–Crippen LogP) is 6.48. The molecule has 32 heavy (non-hydrogen) atoms. The number of hydrogen-bond donors (Lipinski definition) is 1. The molecule has 0 unspecified atom stereocenters. The molecule has 0 saturated heterocycles. The fourth-order valence-corrected chi connectivity index (χ4v) is 3.97. The Balaban J connectivity index is 1.76. The van der Waals surface area contributed by atoms with Gasteiger partial charge < -0.3 is 9.72 Å². The zero-order chi connectivity index (χ0) is 22.7. The minimum Gasteiger partial charge on any atom is -0.354 e. The minimum absolute atomic E-state index is 0.0613. The monoisotopic (exact) mass is 445 g/mol. The summed E-state index contributed by atoms with van der Waals surface area (Å²) in [6.07, 6.45) is 4.04. The van der Waals surface area contributed by atoms with Crippen LogP contribution in [0.4, 0.5) is 0 Å². The second-order valence-electron chi connectivity index (χ2n) is 8.31. The van der Waals surface area contributed by atoms with Crippen molar-refractivity contribution < 1.29 is 4.79 Å². The summed E-state index contributed by atoms with van der Waals surface area (Å²) in [6, 6.07) is 20.5. The van der Waals surface area contributed by atoms with Crippen molar-refractivity contribution in [1.82, 2.24) is 14.7 Å². The second kappa shape index (κ2) is 9.58. The molecule has 2 aromatic heterocycles. The first-order valence-corrected chi connectivity index (χ1v) is 11.5. The first-order valence-electron chi connectivity index (χ1n) is 11.1. The zero-order valence-corrected chi connectivity index (χ0v) is 19.5. The minimum atomic E-state index is 0.0613. The third-order valence-corrected chi connectivity index (χ3v) is 6.05. The number of hydrogen-bond acceptors (Lipinski definition) is 2. The number of nitrogens with one attached hydrogen (secondary N) is 1. The molecule has 4 aromatic rings. The van der Waals surface area contributed by atoms with Crippen molar-refractivity contribution in [3.63, 3.8) is 0 Å². The summed E-state index contributed by atoms with van der Waals surface area (Å²) in [5.74, 6) is 0.0613. The highest BCUT2D eigenvalue weighted by Crippen LogP contribution is 2.29. The van der Waals surface area contributed by atoms with Gasteiger partial charge in [0.1, 0.15) is 5.65 Å². The van der Waals surface area contributed by atoms with E-state index in [4.69, 9.17) is 16.6 Å². The van der Waals surface area contributed by atoms with E-state index >= 15 is 0 Å². The van der Waals surface area contributed by atoms with Crippen molar-refractivity contribution in [2.75, 3.05) is 0 Å². The second-order valence-corrected chi connectivity index (χ2v) is 8.74. The lowest BCUT2D eigenvalue weighted by atomic mass is 10.0. The lowest BCUT2D eigenvalue weighted by molar-refractivity contribution is -0.121. The Morgan fingerprint density at radius 1 is 1.06 bits per heavy atom. The Hall–Kier alpha value is -3.11. The van der Waals surface area contributed by atoms with E-state index in [1.165, 1.54) is 5.56 Å². The van der Waals surface area contributed by atoms with Gasteiger partial charge in [0.2, 0.25) is 5.91 Å². The highest BCUT2D eigenvalue weighted by atomic mass is 35.5. The molecule has 2 aromatic carbocycles. The van der Waals surface area contributed by atoms with Crippen LogP contribution in [0.5, 0.6) is 0 Å². The standard InChI is InChI=1S/C27H28ClN3O/c1-4-19(3)29-26(32)15-13-24-27(20-8-11-23(28)12-9-20)30-25-14-10-22(17-31(24)25)21-7-5-6-18(2)16-21/h5-12,14,16-17,19H,4,13,15H2,1-3H3,(H,29,32)/t19-/m1/s1. The van der Waals surface area contributed by atoms with Gasteiger partial charge in [0.15, 0.2) is 0 Å². The van der Waals surface area contributed by atoms with Gasteiger partial charge in [-0.1, -0.05) is 60.5 Å². The average molecular weight is 446 g/mol. The molecule has 1 N–H and O–H groups in total. The smallest absolute Gasteiger partial charge is 0.220 e. The van der Waals surface area contributed by atoms with E-state index in [0.717, 1.165) is 40.1 Å². The van der Waals surface area contributed by atoms with Gasteiger partial charge in [-0.25, -0.2) is 4.98 Å². The summed E-state index contributed by atoms with van der Waals surface area (Å²) in [6.45, 7) is 6.19. The highest BCUT2D eigenvalue weighted by Gasteiger charge is 2.17. The predicted molar refractivity (Wildman–Crippen MR) is 132 cm³/mol. The summed E-state index contributed by atoms with van der Waals surface area (Å²) in [5, 5.41) is 3.75. The number of pyridine rings is 1. The molecule has 1 atom stereocenters. The largest absolute Gasteiger partial charge is 0.354 e. The van der Waals surface area contributed by atoms with E-state index in [9.17, 15) is 4.79 Å². The van der Waals surface area contributed by atoms with Crippen LogP contribution in [-0.2, 0) is 11.2 Å². The van der Waals surface area contributed by atoms with E-state index in [1.807, 2.05) is 37.3 Å². The third kappa shape index (κ3) is 4.86. The number of carbonyl (C=O) groups is 1. The molecule has 4 nitrogen and oxygen atoms in total. The van der Waals surface area contributed by atoms with Gasteiger partial charge in [0.05, 0.1) is 11.4 Å². The number of aryl methyl sites for hydroxylation is 2. The van der Waals surface area contributed by atoms with Crippen molar-refractivity contribution >= 4 is 23.2 Å². The van der Waals surface area contributed by atoms with Crippen molar-refractivity contribution in [3.05, 3.63) is 83.1 Å². The molecule has 0 bridgehead atoms. The molecule has 164 valence electrons. The number of imidazole rings is 1. The molecule has 0 spiro atoms. The molecule has 0 aliphatic carbocycles. The lowest BCUT2D eigenvalue weighted by Crippen LogP contribution is -2.32. The summed E-state index contributed by atoms with van der Waals surface area (Å²) in [4.78, 5) is 17.4. The molecule has 2 heterocycles. The Labute approximate surface area is 194 Å². The number of aromatic nitrogens is 2. The molecule has 4 rings (SSSR count). The van der Waals surface area contributed by atoms with Crippen LogP contribution in [0.3, 0.4) is 0 Å². The fourth-order valence-electron chi connectivity index (χ4n) is 3.85. The molecular formula is C27H28ClN3O. The summed E-state index contributed by atoms with van der Waals surface area (Å²) in [7, 11) is 0. The van der Waals surface area contributed by atoms with Crippen LogP contribution in [0.1, 0.15) is 37.9 Å². The Morgan fingerprint density at radius 3 is 2.53 bits per heavy atom. The van der Waals surface area contributed by atoms with Gasteiger partial charge in [-0.15, -0.1) is 0 Å². The molecule has 0 saturated carbocycles. The van der Waals surface area contributed by atoms with Gasteiger partial charge in [0.25, 0.3) is 0 Å².